The van der Waals surface area contributed by atoms with Crippen molar-refractivity contribution < 1.29 is 58.2 Å². The lowest BCUT2D eigenvalue weighted by Gasteiger charge is -2.40. The molecule has 0 aromatic heterocycles. The quantitative estimate of drug-likeness (QED) is 0.0228. The van der Waals surface area contributed by atoms with Gasteiger partial charge in [0.15, 0.2) is 24.6 Å². The molecule has 0 spiro atoms. The van der Waals surface area contributed by atoms with Crippen LogP contribution in [-0.2, 0) is 42.9 Å². The summed E-state index contributed by atoms with van der Waals surface area (Å²) in [6, 6.07) is 0. The van der Waals surface area contributed by atoms with E-state index in [1.807, 2.05) is 0 Å². The highest BCUT2D eigenvalue weighted by Gasteiger charge is 2.50. The first-order valence-corrected chi connectivity index (χ1v) is 36.3. The summed E-state index contributed by atoms with van der Waals surface area (Å²) in [7, 11) is 0. The lowest BCUT2D eigenvalue weighted by molar-refractivity contribution is -0.301. The molecule has 0 bridgehead atoms. The van der Waals surface area contributed by atoms with Crippen molar-refractivity contribution in [2.45, 2.75) is 379 Å². The molecule has 1 saturated heterocycles. The molecule has 504 valence electrons. The molecule has 1 aliphatic heterocycles. The van der Waals surface area contributed by atoms with Gasteiger partial charge in [-0.25, -0.2) is 4.79 Å². The number of allylic oxidation sites excluding steroid dienone is 10. The molecule has 3 N–H and O–H groups in total. The van der Waals surface area contributed by atoms with Crippen LogP contribution in [0.25, 0.3) is 0 Å². The minimum Gasteiger partial charge on any atom is -0.479 e. The number of hydrogen-bond donors (Lipinski definition) is 3. The van der Waals surface area contributed by atoms with Crippen molar-refractivity contribution >= 4 is 23.9 Å². The Balaban J connectivity index is 2.62. The van der Waals surface area contributed by atoms with Crippen LogP contribution < -0.4 is 0 Å². The molecule has 0 aromatic rings. The zero-order chi connectivity index (χ0) is 63.1. The van der Waals surface area contributed by atoms with Gasteiger partial charge >= 0.3 is 23.9 Å². The second kappa shape index (κ2) is 62.6. The molecule has 6 atom stereocenters. The van der Waals surface area contributed by atoms with Crippen molar-refractivity contribution in [3.05, 3.63) is 60.8 Å². The lowest BCUT2D eigenvalue weighted by atomic mass is 9.98. The molecule has 12 nitrogen and oxygen atoms in total. The van der Waals surface area contributed by atoms with Crippen molar-refractivity contribution in [1.82, 2.24) is 0 Å². The Bertz CT molecular complexity index is 1740. The number of carbonyl (C=O) groups is 4. The number of unbranched alkanes of at least 4 members (excludes halogenated alkanes) is 39. The highest BCUT2D eigenvalue weighted by Crippen LogP contribution is 2.27. The maximum Gasteiger partial charge on any atom is 0.335 e. The Labute approximate surface area is 532 Å². The molecular formula is C75H132O12. The summed E-state index contributed by atoms with van der Waals surface area (Å²) in [5.74, 6) is -3.11. The number of aliphatic hydroxyl groups excluding tert-OH is 2. The second-order valence-electron chi connectivity index (χ2n) is 24.9. The highest BCUT2D eigenvalue weighted by atomic mass is 16.7. The van der Waals surface area contributed by atoms with Gasteiger partial charge in [-0.3, -0.25) is 14.4 Å². The molecular weight excluding hydrogens is 1090 g/mol. The predicted molar refractivity (Wildman–Crippen MR) is 359 cm³/mol. The minimum absolute atomic E-state index is 0.0586. The Morgan fingerprint density at radius 3 is 1.11 bits per heavy atom. The molecule has 0 amide bonds. The van der Waals surface area contributed by atoms with Crippen molar-refractivity contribution in [2.24, 2.45) is 0 Å². The van der Waals surface area contributed by atoms with E-state index < -0.39 is 67.3 Å². The van der Waals surface area contributed by atoms with Crippen LogP contribution in [0.1, 0.15) is 342 Å². The van der Waals surface area contributed by atoms with Crippen molar-refractivity contribution in [3.63, 3.8) is 0 Å². The van der Waals surface area contributed by atoms with Crippen LogP contribution in [0.15, 0.2) is 60.8 Å². The summed E-state index contributed by atoms with van der Waals surface area (Å²) in [5, 5.41) is 31.7. The van der Waals surface area contributed by atoms with Gasteiger partial charge in [-0.15, -0.1) is 0 Å². The fourth-order valence-electron chi connectivity index (χ4n) is 11.1. The zero-order valence-electron chi connectivity index (χ0n) is 56.0. The van der Waals surface area contributed by atoms with Crippen molar-refractivity contribution in [2.75, 3.05) is 13.2 Å². The predicted octanol–water partition coefficient (Wildman–Crippen LogP) is 20.2. The van der Waals surface area contributed by atoms with E-state index in [1.165, 1.54) is 167 Å². The van der Waals surface area contributed by atoms with Gasteiger partial charge in [-0.2, -0.15) is 0 Å². The molecule has 12 heteroatoms. The Kier molecular flexibility index (Phi) is 58.6. The SMILES string of the molecule is CC/C=C\C/C=C\C/C=C\C/C=C\CCCCCCCCC(=O)OCC(COC1OC(C(=O)O)C(O)C(O)C1OC(=O)CCCCCCCCCCC/C=C\CCCCCCCC)OC(=O)CCCCCCCCCCCCCCCCCCCCC. The zero-order valence-corrected chi connectivity index (χ0v) is 56.0. The van der Waals surface area contributed by atoms with Crippen molar-refractivity contribution in [1.29, 1.82) is 0 Å². The topological polar surface area (TPSA) is 175 Å². The molecule has 1 aliphatic rings. The summed E-state index contributed by atoms with van der Waals surface area (Å²) in [6.07, 6.45) is 67.4. The number of aliphatic hydroxyl groups is 2. The normalized spacial score (nSPS) is 17.6. The van der Waals surface area contributed by atoms with E-state index >= 15 is 0 Å². The average Bonchev–Trinajstić information content (AvgIpc) is 2.56. The Morgan fingerprint density at radius 1 is 0.391 bits per heavy atom. The third kappa shape index (κ3) is 51.8. The van der Waals surface area contributed by atoms with Gasteiger partial charge in [0.05, 0.1) is 6.61 Å². The van der Waals surface area contributed by atoms with Crippen LogP contribution in [0.3, 0.4) is 0 Å². The van der Waals surface area contributed by atoms with Gasteiger partial charge in [-0.1, -0.05) is 300 Å². The largest absolute Gasteiger partial charge is 0.479 e. The second-order valence-corrected chi connectivity index (χ2v) is 24.9. The third-order valence-electron chi connectivity index (χ3n) is 16.6. The molecule has 6 unspecified atom stereocenters. The third-order valence-corrected chi connectivity index (χ3v) is 16.6. The monoisotopic (exact) mass is 1220 g/mol. The molecule has 0 radical (unpaired) electrons. The molecule has 0 aliphatic carbocycles. The maximum absolute atomic E-state index is 13.3. The van der Waals surface area contributed by atoms with Gasteiger partial charge < -0.3 is 39.0 Å². The smallest absolute Gasteiger partial charge is 0.335 e. The van der Waals surface area contributed by atoms with Gasteiger partial charge in [0.1, 0.15) is 18.8 Å². The van der Waals surface area contributed by atoms with Crippen LogP contribution in [0.4, 0.5) is 0 Å². The minimum atomic E-state index is -1.91. The van der Waals surface area contributed by atoms with Crippen LogP contribution in [0.2, 0.25) is 0 Å². The van der Waals surface area contributed by atoms with E-state index in [0.29, 0.717) is 19.3 Å². The summed E-state index contributed by atoms with van der Waals surface area (Å²) >= 11 is 0. The van der Waals surface area contributed by atoms with E-state index in [2.05, 4.69) is 81.5 Å². The lowest BCUT2D eigenvalue weighted by Crippen LogP contribution is -2.61. The molecule has 1 fully saturated rings. The number of esters is 3. The van der Waals surface area contributed by atoms with Crippen molar-refractivity contribution in [3.8, 4) is 0 Å². The van der Waals surface area contributed by atoms with Crippen LogP contribution in [0, 0.1) is 0 Å². The molecule has 0 aromatic carbocycles. The maximum atomic E-state index is 13.3. The summed E-state index contributed by atoms with van der Waals surface area (Å²) in [5.41, 5.74) is 0. The highest BCUT2D eigenvalue weighted by molar-refractivity contribution is 5.74. The standard InChI is InChI=1S/C75H132O12/c1-4-7-10-13-16-19-22-25-28-31-34-37-40-43-46-49-52-55-58-61-67(76)83-64-66(85-68(77)62-59-56-53-50-47-44-41-38-35-32-29-26-23-20-17-14-11-8-5-2)65-84-75-73(71(80)70(79)72(87-75)74(81)82)86-69(78)63-60-57-54-51-48-45-42-39-36-33-30-27-24-21-18-15-12-9-6-3/h7,10,16,19,25,27-28,30,34,37,66,70-73,75,79-80H,4-6,8-9,11-15,17-18,20-24,26,29,31-33,35-36,38-65H2,1-3H3,(H,81,82)/b10-7-,19-16-,28-25-,30-27-,37-34-. The number of rotatable bonds is 63. The Morgan fingerprint density at radius 2 is 0.724 bits per heavy atom. The van der Waals surface area contributed by atoms with E-state index in [-0.39, 0.29) is 25.9 Å². The molecule has 1 heterocycles. The van der Waals surface area contributed by atoms with Crippen LogP contribution in [0.5, 0.6) is 0 Å². The van der Waals surface area contributed by atoms with E-state index in [1.54, 1.807) is 0 Å². The first kappa shape index (κ1) is 81.4. The van der Waals surface area contributed by atoms with E-state index in [9.17, 15) is 34.5 Å². The summed E-state index contributed by atoms with van der Waals surface area (Å²) in [4.78, 5) is 51.6. The van der Waals surface area contributed by atoms with Gasteiger partial charge in [0.2, 0.25) is 0 Å². The number of hydrogen-bond acceptors (Lipinski definition) is 11. The summed E-state index contributed by atoms with van der Waals surface area (Å²) in [6.45, 7) is 5.94. The molecule has 0 saturated carbocycles. The number of carboxylic acids is 1. The van der Waals surface area contributed by atoms with E-state index in [4.69, 9.17) is 23.7 Å². The Hall–Kier alpha value is -3.58. The average molecular weight is 1230 g/mol. The van der Waals surface area contributed by atoms with Crippen LogP contribution in [-0.4, -0.2) is 89.2 Å². The number of carboxylic acid groups (broad SMARTS) is 1. The molecule has 1 rings (SSSR count). The number of ether oxygens (including phenoxy) is 5. The fraction of sp³-hybridized carbons (Fsp3) is 0.813. The van der Waals surface area contributed by atoms with Gasteiger partial charge in [-0.05, 0) is 83.5 Å². The van der Waals surface area contributed by atoms with E-state index in [0.717, 1.165) is 116 Å². The number of aliphatic carboxylic acids is 1. The fourth-order valence-corrected chi connectivity index (χ4v) is 11.1. The van der Waals surface area contributed by atoms with Crippen LogP contribution >= 0.6 is 0 Å². The summed E-state index contributed by atoms with van der Waals surface area (Å²) < 4.78 is 28.7. The van der Waals surface area contributed by atoms with Gasteiger partial charge in [0, 0.05) is 19.3 Å². The number of carbonyl (C=O) groups excluding carboxylic acids is 3. The molecule has 87 heavy (non-hydrogen) atoms. The first-order valence-electron chi connectivity index (χ1n) is 36.3. The first-order chi connectivity index (χ1) is 42.6. The van der Waals surface area contributed by atoms with Gasteiger partial charge in [0.25, 0.3) is 0 Å².